The van der Waals surface area contributed by atoms with E-state index < -0.39 is 0 Å². The van der Waals surface area contributed by atoms with Crippen LogP contribution in [0.4, 0.5) is 0 Å². The zero-order chi connectivity index (χ0) is 15.8. The van der Waals surface area contributed by atoms with Gasteiger partial charge in [-0.05, 0) is 44.7 Å². The molecule has 0 aromatic carbocycles. The highest BCUT2D eigenvalue weighted by Crippen LogP contribution is 2.16. The van der Waals surface area contributed by atoms with Crippen LogP contribution in [0.1, 0.15) is 56.9 Å². The number of hydrogen-bond acceptors (Lipinski definition) is 4. The van der Waals surface area contributed by atoms with E-state index in [1.165, 1.54) is 5.56 Å². The zero-order valence-electron chi connectivity index (χ0n) is 14.5. The molecule has 1 atom stereocenters. The highest BCUT2D eigenvalue weighted by molar-refractivity contribution is 5.24. The van der Waals surface area contributed by atoms with Gasteiger partial charge < -0.3 is 10.1 Å². The Labute approximate surface area is 129 Å². The summed E-state index contributed by atoms with van der Waals surface area (Å²) in [7, 11) is 0. The molecule has 120 valence electrons. The van der Waals surface area contributed by atoms with E-state index in [0.29, 0.717) is 18.6 Å². The van der Waals surface area contributed by atoms with Crippen molar-refractivity contribution in [1.82, 2.24) is 15.3 Å². The van der Waals surface area contributed by atoms with Gasteiger partial charge in [-0.1, -0.05) is 27.7 Å². The standard InChI is InChI=1S/C17H31N3O/c1-7-8-21-11-17-19-14(5)16(15(6)20-17)9-13(4)10-18-12(2)3/h12-13,18H,7-11H2,1-6H3. The molecule has 0 radical (unpaired) electrons. The smallest absolute Gasteiger partial charge is 0.154 e. The molecule has 1 aromatic heterocycles. The van der Waals surface area contributed by atoms with E-state index in [9.17, 15) is 0 Å². The van der Waals surface area contributed by atoms with Crippen molar-refractivity contribution in [2.24, 2.45) is 5.92 Å². The molecule has 0 bridgehead atoms. The molecular weight excluding hydrogens is 262 g/mol. The maximum Gasteiger partial charge on any atom is 0.154 e. The molecule has 0 aliphatic carbocycles. The van der Waals surface area contributed by atoms with E-state index in [1.807, 2.05) is 0 Å². The summed E-state index contributed by atoms with van der Waals surface area (Å²) in [4.78, 5) is 9.20. The quantitative estimate of drug-likeness (QED) is 0.710. The lowest BCUT2D eigenvalue weighted by Crippen LogP contribution is -2.29. The summed E-state index contributed by atoms with van der Waals surface area (Å²) < 4.78 is 5.53. The average molecular weight is 293 g/mol. The first-order valence-electron chi connectivity index (χ1n) is 8.08. The monoisotopic (exact) mass is 293 g/mol. The Kier molecular flexibility index (Phi) is 7.83. The maximum absolute atomic E-state index is 5.53. The number of aromatic nitrogens is 2. The molecule has 0 saturated carbocycles. The Morgan fingerprint density at radius 2 is 1.71 bits per heavy atom. The molecule has 0 amide bonds. The summed E-state index contributed by atoms with van der Waals surface area (Å²) in [5.74, 6) is 1.38. The van der Waals surface area contributed by atoms with Crippen LogP contribution < -0.4 is 5.32 Å². The van der Waals surface area contributed by atoms with Gasteiger partial charge in [0.2, 0.25) is 0 Å². The summed E-state index contributed by atoms with van der Waals surface area (Å²) in [5, 5.41) is 3.49. The minimum absolute atomic E-state index is 0.514. The second kappa shape index (κ2) is 9.11. The summed E-state index contributed by atoms with van der Waals surface area (Å²) >= 11 is 0. The molecule has 4 nitrogen and oxygen atoms in total. The molecule has 1 N–H and O–H groups in total. The maximum atomic E-state index is 5.53. The van der Waals surface area contributed by atoms with Crippen LogP contribution in [0.15, 0.2) is 0 Å². The van der Waals surface area contributed by atoms with Gasteiger partial charge in [0.05, 0.1) is 0 Å². The fourth-order valence-electron chi connectivity index (χ4n) is 2.33. The number of hydrogen-bond donors (Lipinski definition) is 1. The van der Waals surface area contributed by atoms with Crippen molar-refractivity contribution in [3.05, 3.63) is 22.8 Å². The van der Waals surface area contributed by atoms with Gasteiger partial charge in [0.1, 0.15) is 6.61 Å². The van der Waals surface area contributed by atoms with Crippen LogP contribution in [0.5, 0.6) is 0 Å². The Morgan fingerprint density at radius 3 is 2.24 bits per heavy atom. The molecular formula is C17H31N3O. The lowest BCUT2D eigenvalue weighted by Gasteiger charge is -2.17. The summed E-state index contributed by atoms with van der Waals surface area (Å²) in [5.41, 5.74) is 3.47. The third kappa shape index (κ3) is 6.53. The molecule has 21 heavy (non-hydrogen) atoms. The van der Waals surface area contributed by atoms with Crippen molar-refractivity contribution in [1.29, 1.82) is 0 Å². The largest absolute Gasteiger partial charge is 0.373 e. The van der Waals surface area contributed by atoms with Crippen molar-refractivity contribution < 1.29 is 4.74 Å². The van der Waals surface area contributed by atoms with Crippen molar-refractivity contribution >= 4 is 0 Å². The van der Waals surface area contributed by atoms with Gasteiger partial charge in [0, 0.05) is 24.0 Å². The third-order valence-corrected chi connectivity index (χ3v) is 3.47. The molecule has 0 aliphatic rings. The van der Waals surface area contributed by atoms with Gasteiger partial charge in [0.25, 0.3) is 0 Å². The average Bonchev–Trinajstić information content (AvgIpc) is 2.41. The molecule has 0 saturated heterocycles. The minimum atomic E-state index is 0.514. The summed E-state index contributed by atoms with van der Waals surface area (Å²) in [6.07, 6.45) is 2.05. The Morgan fingerprint density at radius 1 is 1.10 bits per heavy atom. The number of nitrogens with one attached hydrogen (secondary N) is 1. The Balaban J connectivity index is 2.66. The number of ether oxygens (including phenoxy) is 1. The molecule has 1 unspecified atom stereocenters. The number of aryl methyl sites for hydroxylation is 2. The van der Waals surface area contributed by atoms with Crippen LogP contribution in [0.25, 0.3) is 0 Å². The lowest BCUT2D eigenvalue weighted by atomic mass is 9.98. The minimum Gasteiger partial charge on any atom is -0.373 e. The van der Waals surface area contributed by atoms with E-state index in [0.717, 1.165) is 43.2 Å². The van der Waals surface area contributed by atoms with E-state index >= 15 is 0 Å². The van der Waals surface area contributed by atoms with E-state index in [-0.39, 0.29) is 0 Å². The first kappa shape index (κ1) is 18.1. The van der Waals surface area contributed by atoms with Gasteiger partial charge in [-0.25, -0.2) is 9.97 Å². The van der Waals surface area contributed by atoms with E-state index in [2.05, 4.69) is 56.8 Å². The predicted octanol–water partition coefficient (Wildman–Crippen LogP) is 3.20. The molecule has 1 rings (SSSR count). The first-order chi connectivity index (χ1) is 9.93. The molecule has 1 heterocycles. The van der Waals surface area contributed by atoms with Crippen molar-refractivity contribution in [3.63, 3.8) is 0 Å². The van der Waals surface area contributed by atoms with Gasteiger partial charge in [-0.3, -0.25) is 0 Å². The highest BCUT2D eigenvalue weighted by atomic mass is 16.5. The Bertz CT molecular complexity index is 409. The van der Waals surface area contributed by atoms with E-state index in [4.69, 9.17) is 4.74 Å². The zero-order valence-corrected chi connectivity index (χ0v) is 14.5. The highest BCUT2D eigenvalue weighted by Gasteiger charge is 2.12. The van der Waals surface area contributed by atoms with Crippen LogP contribution in [0.3, 0.4) is 0 Å². The third-order valence-electron chi connectivity index (χ3n) is 3.47. The van der Waals surface area contributed by atoms with Gasteiger partial charge in [-0.15, -0.1) is 0 Å². The first-order valence-corrected chi connectivity index (χ1v) is 8.08. The van der Waals surface area contributed by atoms with Crippen molar-refractivity contribution in [3.8, 4) is 0 Å². The van der Waals surface area contributed by atoms with Crippen LogP contribution in [-0.4, -0.2) is 29.2 Å². The second-order valence-electron chi connectivity index (χ2n) is 6.21. The summed E-state index contributed by atoms with van der Waals surface area (Å²) in [6.45, 7) is 15.2. The van der Waals surface area contributed by atoms with Gasteiger partial charge in [0.15, 0.2) is 5.82 Å². The summed E-state index contributed by atoms with van der Waals surface area (Å²) in [6, 6.07) is 0.531. The van der Waals surface area contributed by atoms with Crippen LogP contribution in [0.2, 0.25) is 0 Å². The van der Waals surface area contributed by atoms with Crippen LogP contribution >= 0.6 is 0 Å². The van der Waals surface area contributed by atoms with Crippen LogP contribution in [-0.2, 0) is 17.8 Å². The van der Waals surface area contributed by atoms with Crippen LogP contribution in [0, 0.1) is 19.8 Å². The van der Waals surface area contributed by atoms with Gasteiger partial charge in [-0.2, -0.15) is 0 Å². The van der Waals surface area contributed by atoms with Crippen molar-refractivity contribution in [2.75, 3.05) is 13.2 Å². The number of rotatable bonds is 9. The second-order valence-corrected chi connectivity index (χ2v) is 6.21. The van der Waals surface area contributed by atoms with Crippen molar-refractivity contribution in [2.45, 2.75) is 67.0 Å². The molecule has 0 aliphatic heterocycles. The lowest BCUT2D eigenvalue weighted by molar-refractivity contribution is 0.115. The predicted molar refractivity (Wildman–Crippen MR) is 87.5 cm³/mol. The van der Waals surface area contributed by atoms with Gasteiger partial charge >= 0.3 is 0 Å². The van der Waals surface area contributed by atoms with E-state index in [1.54, 1.807) is 0 Å². The Hall–Kier alpha value is -1.00. The number of nitrogens with zero attached hydrogens (tertiary/aromatic N) is 2. The SMILES string of the molecule is CCCOCc1nc(C)c(CC(C)CNC(C)C)c(C)n1. The fourth-order valence-corrected chi connectivity index (χ4v) is 2.33. The normalized spacial score (nSPS) is 12.9. The molecule has 1 aromatic rings. The molecule has 0 fully saturated rings. The fraction of sp³-hybridized carbons (Fsp3) is 0.765. The molecule has 0 spiro atoms. The topological polar surface area (TPSA) is 47.0 Å². The molecule has 4 heteroatoms.